The van der Waals surface area contributed by atoms with Gasteiger partial charge in [0.05, 0.1) is 0 Å². The first-order valence-corrected chi connectivity index (χ1v) is 7.06. The molecular formula is C16H15BrO3. The van der Waals surface area contributed by atoms with Crippen molar-refractivity contribution in [2.24, 2.45) is 0 Å². The second-order valence-corrected chi connectivity index (χ2v) is 5.15. The third-order valence-electron chi connectivity index (χ3n) is 2.70. The van der Waals surface area contributed by atoms with Crippen LogP contribution in [-0.2, 0) is 0 Å². The zero-order valence-corrected chi connectivity index (χ0v) is 12.7. The van der Waals surface area contributed by atoms with Gasteiger partial charge in [0.2, 0.25) is 0 Å². The van der Waals surface area contributed by atoms with Crippen LogP contribution in [0, 0.1) is 0 Å². The summed E-state index contributed by atoms with van der Waals surface area (Å²) < 4.78 is 12.1. The molecule has 0 unspecified atom stereocenters. The van der Waals surface area contributed by atoms with Crippen LogP contribution in [0.15, 0.2) is 53.0 Å². The van der Waals surface area contributed by atoms with Crippen molar-refractivity contribution in [2.75, 3.05) is 13.2 Å². The summed E-state index contributed by atoms with van der Waals surface area (Å²) >= 11 is 3.37. The van der Waals surface area contributed by atoms with E-state index in [2.05, 4.69) is 15.9 Å². The van der Waals surface area contributed by atoms with Gasteiger partial charge in [-0.15, -0.1) is 0 Å². The number of hydrogen-bond acceptors (Lipinski definition) is 3. The zero-order valence-electron chi connectivity index (χ0n) is 11.1. The standard InChI is InChI=1S/C16H15BrO3/c1-12(18)13-2-6-15(7-3-13)19-10-11-20-16-8-4-14(17)5-9-16/h2-9H,10-11H2,1H3. The first-order valence-electron chi connectivity index (χ1n) is 6.27. The third-order valence-corrected chi connectivity index (χ3v) is 3.22. The second-order valence-electron chi connectivity index (χ2n) is 4.23. The van der Waals surface area contributed by atoms with Crippen LogP contribution >= 0.6 is 15.9 Å². The number of benzene rings is 2. The Kier molecular flexibility index (Phi) is 5.18. The molecule has 4 heteroatoms. The summed E-state index contributed by atoms with van der Waals surface area (Å²) in [6.45, 7) is 2.47. The molecule has 0 saturated heterocycles. The van der Waals surface area contributed by atoms with Crippen molar-refractivity contribution < 1.29 is 14.3 Å². The van der Waals surface area contributed by atoms with E-state index in [1.54, 1.807) is 31.2 Å². The maximum Gasteiger partial charge on any atom is 0.159 e. The van der Waals surface area contributed by atoms with E-state index >= 15 is 0 Å². The average molecular weight is 335 g/mol. The van der Waals surface area contributed by atoms with Gasteiger partial charge in [-0.3, -0.25) is 4.79 Å². The van der Waals surface area contributed by atoms with Crippen LogP contribution in [0.4, 0.5) is 0 Å². The Labute approximate surface area is 126 Å². The SMILES string of the molecule is CC(=O)c1ccc(OCCOc2ccc(Br)cc2)cc1. The highest BCUT2D eigenvalue weighted by Crippen LogP contribution is 2.16. The lowest BCUT2D eigenvalue weighted by molar-refractivity contribution is 0.101. The lowest BCUT2D eigenvalue weighted by Crippen LogP contribution is -2.09. The van der Waals surface area contributed by atoms with Crippen LogP contribution < -0.4 is 9.47 Å². The molecule has 20 heavy (non-hydrogen) atoms. The summed E-state index contributed by atoms with van der Waals surface area (Å²) in [6, 6.07) is 14.7. The summed E-state index contributed by atoms with van der Waals surface area (Å²) in [6.07, 6.45) is 0. The van der Waals surface area contributed by atoms with E-state index in [4.69, 9.17) is 9.47 Å². The highest BCUT2D eigenvalue weighted by molar-refractivity contribution is 9.10. The molecule has 0 bridgehead atoms. The Morgan fingerprint density at radius 1 is 0.900 bits per heavy atom. The molecule has 3 nitrogen and oxygen atoms in total. The van der Waals surface area contributed by atoms with Gasteiger partial charge in [-0.25, -0.2) is 0 Å². The van der Waals surface area contributed by atoms with Gasteiger partial charge < -0.3 is 9.47 Å². The molecular weight excluding hydrogens is 320 g/mol. The van der Waals surface area contributed by atoms with Crippen LogP contribution in [0.25, 0.3) is 0 Å². The van der Waals surface area contributed by atoms with Crippen molar-refractivity contribution in [3.63, 3.8) is 0 Å². The second kappa shape index (κ2) is 7.10. The van der Waals surface area contributed by atoms with Gasteiger partial charge in [0.25, 0.3) is 0 Å². The van der Waals surface area contributed by atoms with Crippen molar-refractivity contribution >= 4 is 21.7 Å². The number of carbonyl (C=O) groups excluding carboxylic acids is 1. The highest BCUT2D eigenvalue weighted by atomic mass is 79.9. The topological polar surface area (TPSA) is 35.5 Å². The number of rotatable bonds is 6. The third kappa shape index (κ3) is 4.38. The predicted molar refractivity (Wildman–Crippen MR) is 81.6 cm³/mol. The summed E-state index contributed by atoms with van der Waals surface area (Å²) in [7, 11) is 0. The Balaban J connectivity index is 1.75. The molecule has 104 valence electrons. The van der Waals surface area contributed by atoms with E-state index in [1.165, 1.54) is 0 Å². The first-order chi connectivity index (χ1) is 9.65. The average Bonchev–Trinajstić information content (AvgIpc) is 2.46. The number of ketones is 1. The quantitative estimate of drug-likeness (QED) is 0.589. The van der Waals surface area contributed by atoms with Gasteiger partial charge in [-0.1, -0.05) is 15.9 Å². The van der Waals surface area contributed by atoms with Crippen molar-refractivity contribution in [1.82, 2.24) is 0 Å². The fourth-order valence-corrected chi connectivity index (χ4v) is 1.90. The van der Waals surface area contributed by atoms with Crippen LogP contribution in [0.2, 0.25) is 0 Å². The molecule has 0 N–H and O–H groups in total. The van der Waals surface area contributed by atoms with Gasteiger partial charge in [0, 0.05) is 10.0 Å². The van der Waals surface area contributed by atoms with Crippen molar-refractivity contribution in [3.8, 4) is 11.5 Å². The highest BCUT2D eigenvalue weighted by Gasteiger charge is 2.00. The van der Waals surface area contributed by atoms with Gasteiger partial charge in [0.1, 0.15) is 24.7 Å². The van der Waals surface area contributed by atoms with Crippen LogP contribution in [-0.4, -0.2) is 19.0 Å². The van der Waals surface area contributed by atoms with Gasteiger partial charge in [-0.05, 0) is 55.5 Å². The van der Waals surface area contributed by atoms with E-state index < -0.39 is 0 Å². The van der Waals surface area contributed by atoms with Gasteiger partial charge >= 0.3 is 0 Å². The van der Waals surface area contributed by atoms with Crippen molar-refractivity contribution in [3.05, 3.63) is 58.6 Å². The maximum absolute atomic E-state index is 11.1. The van der Waals surface area contributed by atoms with Gasteiger partial charge in [-0.2, -0.15) is 0 Å². The molecule has 0 spiro atoms. The lowest BCUT2D eigenvalue weighted by atomic mass is 10.1. The van der Waals surface area contributed by atoms with Gasteiger partial charge in [0.15, 0.2) is 5.78 Å². The van der Waals surface area contributed by atoms with Crippen LogP contribution in [0.3, 0.4) is 0 Å². The number of halogens is 1. The number of Topliss-reactive ketones (excluding diaryl/α,β-unsaturated/α-hetero) is 1. The van der Waals surface area contributed by atoms with Crippen molar-refractivity contribution in [1.29, 1.82) is 0 Å². The van der Waals surface area contributed by atoms with Crippen LogP contribution in [0.1, 0.15) is 17.3 Å². The minimum absolute atomic E-state index is 0.0510. The molecule has 2 aromatic rings. The van der Waals surface area contributed by atoms with E-state index in [0.717, 1.165) is 16.0 Å². The normalized spacial score (nSPS) is 10.1. The summed E-state index contributed by atoms with van der Waals surface area (Å²) in [5.41, 5.74) is 0.684. The molecule has 2 aromatic carbocycles. The Hall–Kier alpha value is -1.81. The molecule has 2 rings (SSSR count). The molecule has 0 amide bonds. The molecule has 0 aliphatic carbocycles. The zero-order chi connectivity index (χ0) is 14.4. The molecule has 0 saturated carbocycles. The Bertz CT molecular complexity index is 561. The summed E-state index contributed by atoms with van der Waals surface area (Å²) in [5.74, 6) is 1.59. The summed E-state index contributed by atoms with van der Waals surface area (Å²) in [5, 5.41) is 0. The Morgan fingerprint density at radius 3 is 1.80 bits per heavy atom. The smallest absolute Gasteiger partial charge is 0.159 e. The number of hydrogen-bond donors (Lipinski definition) is 0. The van der Waals surface area contributed by atoms with E-state index in [-0.39, 0.29) is 5.78 Å². The fourth-order valence-electron chi connectivity index (χ4n) is 1.64. The number of ether oxygens (including phenoxy) is 2. The van der Waals surface area contributed by atoms with E-state index in [9.17, 15) is 4.79 Å². The largest absolute Gasteiger partial charge is 0.490 e. The van der Waals surface area contributed by atoms with Crippen molar-refractivity contribution in [2.45, 2.75) is 6.92 Å². The minimum atomic E-state index is 0.0510. The molecule has 0 aliphatic heterocycles. The number of carbonyl (C=O) groups is 1. The first kappa shape index (κ1) is 14.6. The monoisotopic (exact) mass is 334 g/mol. The fraction of sp³-hybridized carbons (Fsp3) is 0.188. The maximum atomic E-state index is 11.1. The minimum Gasteiger partial charge on any atom is -0.490 e. The lowest BCUT2D eigenvalue weighted by Gasteiger charge is -2.08. The van der Waals surface area contributed by atoms with Crippen LogP contribution in [0.5, 0.6) is 11.5 Å². The van der Waals surface area contributed by atoms with E-state index in [0.29, 0.717) is 18.8 Å². The molecule has 0 aromatic heterocycles. The predicted octanol–water partition coefficient (Wildman–Crippen LogP) is 4.11. The summed E-state index contributed by atoms with van der Waals surface area (Å²) in [4.78, 5) is 11.1. The molecule has 0 fully saturated rings. The Morgan fingerprint density at radius 2 is 1.35 bits per heavy atom. The van der Waals surface area contributed by atoms with E-state index in [1.807, 2.05) is 24.3 Å². The molecule has 0 heterocycles. The molecule has 0 radical (unpaired) electrons. The molecule has 0 atom stereocenters. The molecule has 0 aliphatic rings.